The smallest absolute Gasteiger partial charge is 0.147 e. The molecule has 0 amide bonds. The second-order valence-electron chi connectivity index (χ2n) is 5.72. The number of thiocarbonyl (C=S) groups is 1. The Morgan fingerprint density at radius 2 is 1.74 bits per heavy atom. The van der Waals surface area contributed by atoms with E-state index >= 15 is 0 Å². The standard InChI is InChI=1S/C15H23FN2S/c1-10(2)8-18(9-11(3)4)14-6-5-12(15(17)19)7-13(14)16/h5-7,10-11H,8-9H2,1-4H3,(H2,17,19). The molecule has 0 spiro atoms. The van der Waals surface area contributed by atoms with Crippen molar-refractivity contribution < 1.29 is 4.39 Å². The molecule has 0 saturated carbocycles. The zero-order valence-corrected chi connectivity index (χ0v) is 12.9. The van der Waals surface area contributed by atoms with Gasteiger partial charge in [-0.2, -0.15) is 0 Å². The molecular weight excluding hydrogens is 259 g/mol. The molecule has 106 valence electrons. The Hall–Kier alpha value is -1.16. The first-order valence-electron chi connectivity index (χ1n) is 6.65. The van der Waals surface area contributed by atoms with Gasteiger partial charge in [0.15, 0.2) is 0 Å². The summed E-state index contributed by atoms with van der Waals surface area (Å²) < 4.78 is 14.2. The van der Waals surface area contributed by atoms with Gasteiger partial charge in [-0.1, -0.05) is 39.9 Å². The Bertz CT molecular complexity index is 434. The minimum atomic E-state index is -0.258. The fourth-order valence-electron chi connectivity index (χ4n) is 2.07. The van der Waals surface area contributed by atoms with E-state index in [1.807, 2.05) is 0 Å². The summed E-state index contributed by atoms with van der Waals surface area (Å²) in [5, 5.41) is 0. The largest absolute Gasteiger partial charge is 0.389 e. The zero-order valence-electron chi connectivity index (χ0n) is 12.1. The Labute approximate surface area is 120 Å². The van der Waals surface area contributed by atoms with Crippen molar-refractivity contribution in [2.24, 2.45) is 17.6 Å². The fraction of sp³-hybridized carbons (Fsp3) is 0.533. The molecule has 0 aromatic heterocycles. The molecule has 0 radical (unpaired) electrons. The topological polar surface area (TPSA) is 29.3 Å². The minimum absolute atomic E-state index is 0.227. The summed E-state index contributed by atoms with van der Waals surface area (Å²) in [5.74, 6) is 0.702. The number of halogens is 1. The van der Waals surface area contributed by atoms with Crippen molar-refractivity contribution in [1.82, 2.24) is 0 Å². The maximum Gasteiger partial charge on any atom is 0.147 e. The summed E-state index contributed by atoms with van der Waals surface area (Å²) in [6, 6.07) is 4.98. The molecule has 0 heterocycles. The number of rotatable bonds is 6. The Balaban J connectivity index is 3.04. The van der Waals surface area contributed by atoms with Gasteiger partial charge in [0.1, 0.15) is 10.8 Å². The van der Waals surface area contributed by atoms with Gasteiger partial charge in [0.25, 0.3) is 0 Å². The number of hydrogen-bond acceptors (Lipinski definition) is 2. The van der Waals surface area contributed by atoms with Crippen LogP contribution in [-0.4, -0.2) is 18.1 Å². The van der Waals surface area contributed by atoms with Crippen LogP contribution < -0.4 is 10.6 Å². The second-order valence-corrected chi connectivity index (χ2v) is 6.16. The van der Waals surface area contributed by atoms with Crippen molar-refractivity contribution in [3.63, 3.8) is 0 Å². The van der Waals surface area contributed by atoms with Crippen LogP contribution in [0.5, 0.6) is 0 Å². The molecule has 0 aliphatic heterocycles. The van der Waals surface area contributed by atoms with Crippen molar-refractivity contribution in [2.75, 3.05) is 18.0 Å². The molecule has 0 atom stereocenters. The van der Waals surface area contributed by atoms with Gasteiger partial charge in [0.05, 0.1) is 5.69 Å². The van der Waals surface area contributed by atoms with Crippen LogP contribution in [0.4, 0.5) is 10.1 Å². The summed E-state index contributed by atoms with van der Waals surface area (Å²) in [6.45, 7) is 10.2. The van der Waals surface area contributed by atoms with E-state index in [4.69, 9.17) is 18.0 Å². The van der Waals surface area contributed by atoms with Gasteiger partial charge in [-0.25, -0.2) is 4.39 Å². The number of nitrogens with two attached hydrogens (primary N) is 1. The molecule has 1 rings (SSSR count). The van der Waals surface area contributed by atoms with Crippen molar-refractivity contribution in [3.8, 4) is 0 Å². The third-order valence-electron chi connectivity index (χ3n) is 2.74. The first-order valence-corrected chi connectivity index (χ1v) is 7.06. The monoisotopic (exact) mass is 282 g/mol. The highest BCUT2D eigenvalue weighted by molar-refractivity contribution is 7.80. The van der Waals surface area contributed by atoms with Gasteiger partial charge in [-0.15, -0.1) is 0 Å². The predicted octanol–water partition coefficient (Wildman–Crippen LogP) is 3.58. The van der Waals surface area contributed by atoms with Gasteiger partial charge in [0.2, 0.25) is 0 Å². The van der Waals surface area contributed by atoms with Crippen LogP contribution in [0, 0.1) is 17.7 Å². The van der Waals surface area contributed by atoms with E-state index < -0.39 is 0 Å². The summed E-state index contributed by atoms with van der Waals surface area (Å²) in [4.78, 5) is 2.32. The summed E-state index contributed by atoms with van der Waals surface area (Å²) in [6.07, 6.45) is 0. The van der Waals surface area contributed by atoms with Gasteiger partial charge in [-0.3, -0.25) is 0 Å². The van der Waals surface area contributed by atoms with E-state index in [9.17, 15) is 4.39 Å². The highest BCUT2D eigenvalue weighted by Gasteiger charge is 2.15. The molecule has 1 aromatic carbocycles. The Kier molecular flexibility index (Phi) is 5.73. The number of nitrogens with zero attached hydrogens (tertiary/aromatic N) is 1. The molecule has 0 aliphatic rings. The first-order chi connectivity index (χ1) is 8.81. The molecule has 2 nitrogen and oxygen atoms in total. The highest BCUT2D eigenvalue weighted by atomic mass is 32.1. The van der Waals surface area contributed by atoms with E-state index in [1.54, 1.807) is 12.1 Å². The number of benzene rings is 1. The van der Waals surface area contributed by atoms with Crippen LogP contribution in [0.15, 0.2) is 18.2 Å². The van der Waals surface area contributed by atoms with Crippen molar-refractivity contribution in [1.29, 1.82) is 0 Å². The molecule has 1 aromatic rings. The average Bonchev–Trinajstić information content (AvgIpc) is 2.26. The number of hydrogen-bond donors (Lipinski definition) is 1. The zero-order chi connectivity index (χ0) is 14.6. The van der Waals surface area contributed by atoms with Crippen LogP contribution >= 0.6 is 12.2 Å². The molecule has 0 saturated heterocycles. The van der Waals surface area contributed by atoms with Gasteiger partial charge < -0.3 is 10.6 Å². The van der Waals surface area contributed by atoms with Crippen LogP contribution in [0.1, 0.15) is 33.3 Å². The van der Waals surface area contributed by atoms with Crippen molar-refractivity contribution >= 4 is 22.9 Å². The van der Waals surface area contributed by atoms with Crippen molar-refractivity contribution in [3.05, 3.63) is 29.6 Å². The minimum Gasteiger partial charge on any atom is -0.389 e. The molecule has 19 heavy (non-hydrogen) atoms. The fourth-order valence-corrected chi connectivity index (χ4v) is 2.20. The lowest BCUT2D eigenvalue weighted by atomic mass is 10.1. The molecule has 0 fully saturated rings. The van der Waals surface area contributed by atoms with Gasteiger partial charge in [0, 0.05) is 18.7 Å². The van der Waals surface area contributed by atoms with E-state index in [-0.39, 0.29) is 10.8 Å². The average molecular weight is 282 g/mol. The van der Waals surface area contributed by atoms with Crippen LogP contribution in [0.25, 0.3) is 0 Å². The first kappa shape index (κ1) is 15.9. The lowest BCUT2D eigenvalue weighted by molar-refractivity contribution is 0.537. The maximum absolute atomic E-state index is 14.2. The summed E-state index contributed by atoms with van der Waals surface area (Å²) in [5.41, 5.74) is 6.72. The quantitative estimate of drug-likeness (QED) is 0.809. The Morgan fingerprint density at radius 1 is 1.21 bits per heavy atom. The van der Waals surface area contributed by atoms with Crippen LogP contribution in [0.3, 0.4) is 0 Å². The van der Waals surface area contributed by atoms with E-state index in [0.29, 0.717) is 23.1 Å². The van der Waals surface area contributed by atoms with Crippen molar-refractivity contribution in [2.45, 2.75) is 27.7 Å². The molecule has 0 bridgehead atoms. The Morgan fingerprint density at radius 3 is 2.11 bits per heavy atom. The van der Waals surface area contributed by atoms with Gasteiger partial charge >= 0.3 is 0 Å². The predicted molar refractivity (Wildman–Crippen MR) is 84.2 cm³/mol. The maximum atomic E-state index is 14.2. The van der Waals surface area contributed by atoms with Crippen LogP contribution in [0.2, 0.25) is 0 Å². The molecule has 0 unspecified atom stereocenters. The highest BCUT2D eigenvalue weighted by Crippen LogP contribution is 2.22. The molecule has 0 aliphatic carbocycles. The third-order valence-corrected chi connectivity index (χ3v) is 2.98. The molecule has 2 N–H and O–H groups in total. The lowest BCUT2D eigenvalue weighted by Gasteiger charge is -2.29. The van der Waals surface area contributed by atoms with E-state index in [2.05, 4.69) is 32.6 Å². The SMILES string of the molecule is CC(C)CN(CC(C)C)c1ccc(C(N)=S)cc1F. The van der Waals surface area contributed by atoms with E-state index in [0.717, 1.165) is 13.1 Å². The second kappa shape index (κ2) is 6.85. The van der Waals surface area contributed by atoms with Crippen LogP contribution in [-0.2, 0) is 0 Å². The third kappa shape index (κ3) is 4.78. The normalized spacial score (nSPS) is 11.1. The molecular formula is C15H23FN2S. The van der Waals surface area contributed by atoms with Gasteiger partial charge in [-0.05, 0) is 30.0 Å². The lowest BCUT2D eigenvalue weighted by Crippen LogP contribution is -2.32. The summed E-state index contributed by atoms with van der Waals surface area (Å²) in [7, 11) is 0. The van der Waals surface area contributed by atoms with E-state index in [1.165, 1.54) is 6.07 Å². The summed E-state index contributed by atoms with van der Waals surface area (Å²) >= 11 is 4.87. The molecule has 4 heteroatoms. The number of anilines is 1.